The third-order valence-corrected chi connectivity index (χ3v) is 2.45. The van der Waals surface area contributed by atoms with Gasteiger partial charge in [-0.25, -0.2) is 9.37 Å². The first-order valence-corrected chi connectivity index (χ1v) is 5.52. The molecule has 1 aromatic carbocycles. The molecule has 1 aromatic heterocycles. The van der Waals surface area contributed by atoms with Crippen LogP contribution in [0.1, 0.15) is 11.3 Å². The average molecular weight is 273 g/mol. The van der Waals surface area contributed by atoms with Crippen LogP contribution in [0.25, 0.3) is 0 Å². The molecule has 0 saturated heterocycles. The Morgan fingerprint density at radius 2 is 2.20 bits per heavy atom. The average Bonchev–Trinajstić information content (AvgIpc) is 2.46. The summed E-state index contributed by atoms with van der Waals surface area (Å²) in [7, 11) is 0. The fourth-order valence-corrected chi connectivity index (χ4v) is 1.54. The number of benzene rings is 1. The summed E-state index contributed by atoms with van der Waals surface area (Å²) in [6.07, 6.45) is 1.44. The normalized spacial score (nSPS) is 9.80. The summed E-state index contributed by atoms with van der Waals surface area (Å²) in [5, 5.41) is 19.5. The second kappa shape index (κ2) is 5.75. The van der Waals surface area contributed by atoms with Crippen LogP contribution in [0.4, 0.5) is 10.1 Å². The Kier molecular flexibility index (Phi) is 3.86. The topological polar surface area (TPSA) is 89.0 Å². The van der Waals surface area contributed by atoms with Crippen LogP contribution < -0.4 is 4.74 Å². The molecule has 20 heavy (non-hydrogen) atoms. The molecule has 6 nitrogen and oxygen atoms in total. The molecule has 0 radical (unpaired) electrons. The Morgan fingerprint density at radius 3 is 2.90 bits per heavy atom. The lowest BCUT2D eigenvalue weighted by molar-refractivity contribution is -0.386. The number of hydrogen-bond acceptors (Lipinski definition) is 5. The van der Waals surface area contributed by atoms with Crippen LogP contribution >= 0.6 is 0 Å². The molecule has 0 atom stereocenters. The molecule has 2 rings (SSSR count). The van der Waals surface area contributed by atoms with Crippen molar-refractivity contribution in [1.82, 2.24) is 4.98 Å². The molecular formula is C13H8FN3O3. The SMILES string of the molecule is N#Cc1cc(COc2ccc(F)cc2[N+](=O)[O-])ccn1. The lowest BCUT2D eigenvalue weighted by Gasteiger charge is -2.06. The molecule has 0 N–H and O–H groups in total. The summed E-state index contributed by atoms with van der Waals surface area (Å²) in [4.78, 5) is 13.9. The molecule has 0 aliphatic heterocycles. The van der Waals surface area contributed by atoms with Crippen LogP contribution in [0, 0.1) is 27.3 Å². The third-order valence-electron chi connectivity index (χ3n) is 2.45. The van der Waals surface area contributed by atoms with Crippen LogP contribution in [-0.4, -0.2) is 9.91 Å². The number of pyridine rings is 1. The fraction of sp³-hybridized carbons (Fsp3) is 0.0769. The second-order valence-corrected chi connectivity index (χ2v) is 3.82. The number of ether oxygens (including phenoxy) is 1. The summed E-state index contributed by atoms with van der Waals surface area (Å²) >= 11 is 0. The molecule has 0 spiro atoms. The van der Waals surface area contributed by atoms with E-state index in [2.05, 4.69) is 4.98 Å². The highest BCUT2D eigenvalue weighted by atomic mass is 19.1. The van der Waals surface area contributed by atoms with Gasteiger partial charge in [-0.1, -0.05) is 0 Å². The van der Waals surface area contributed by atoms with Crippen LogP contribution in [-0.2, 0) is 6.61 Å². The summed E-state index contributed by atoms with van der Waals surface area (Å²) in [6.45, 7) is 0.0175. The van der Waals surface area contributed by atoms with Gasteiger partial charge in [0.1, 0.15) is 24.2 Å². The highest BCUT2D eigenvalue weighted by Gasteiger charge is 2.16. The predicted molar refractivity (Wildman–Crippen MR) is 66.3 cm³/mol. The Hall–Kier alpha value is -3.01. The molecule has 1 heterocycles. The summed E-state index contributed by atoms with van der Waals surface area (Å²) < 4.78 is 18.3. The van der Waals surface area contributed by atoms with Gasteiger partial charge in [-0.2, -0.15) is 5.26 Å². The summed E-state index contributed by atoms with van der Waals surface area (Å²) in [6, 6.07) is 8.08. The van der Waals surface area contributed by atoms with E-state index in [9.17, 15) is 14.5 Å². The summed E-state index contributed by atoms with van der Waals surface area (Å²) in [5.74, 6) is -0.744. The van der Waals surface area contributed by atoms with Gasteiger partial charge in [0.2, 0.25) is 0 Å². The minimum absolute atomic E-state index is 0.0175. The maximum Gasteiger partial charge on any atom is 0.313 e. The molecule has 0 aliphatic rings. The largest absolute Gasteiger partial charge is 0.482 e. The van der Waals surface area contributed by atoms with E-state index in [0.717, 1.165) is 12.1 Å². The lowest BCUT2D eigenvalue weighted by atomic mass is 10.2. The number of rotatable bonds is 4. The van der Waals surface area contributed by atoms with Gasteiger partial charge in [0.15, 0.2) is 5.75 Å². The van der Waals surface area contributed by atoms with Crippen molar-refractivity contribution in [2.45, 2.75) is 6.61 Å². The Bertz CT molecular complexity index is 698. The van der Waals surface area contributed by atoms with Gasteiger partial charge in [-0.3, -0.25) is 10.1 Å². The maximum atomic E-state index is 13.0. The van der Waals surface area contributed by atoms with E-state index in [0.29, 0.717) is 5.56 Å². The molecule has 0 fully saturated rings. The monoisotopic (exact) mass is 273 g/mol. The minimum atomic E-state index is -0.717. The van der Waals surface area contributed by atoms with Crippen molar-refractivity contribution < 1.29 is 14.1 Å². The van der Waals surface area contributed by atoms with Crippen LogP contribution in [0.5, 0.6) is 5.75 Å². The standard InChI is InChI=1S/C13H8FN3O3/c14-10-1-2-13(12(6-10)17(18)19)20-8-9-3-4-16-11(5-9)7-15/h1-6H,8H2. The summed E-state index contributed by atoms with van der Waals surface area (Å²) in [5.41, 5.74) is 0.412. The van der Waals surface area contributed by atoms with Gasteiger partial charge in [0.25, 0.3) is 0 Å². The molecular weight excluding hydrogens is 265 g/mol. The van der Waals surface area contributed by atoms with Crippen LogP contribution in [0.3, 0.4) is 0 Å². The number of halogens is 1. The molecule has 0 bridgehead atoms. The number of nitriles is 1. The predicted octanol–water partition coefficient (Wildman–Crippen LogP) is 2.58. The minimum Gasteiger partial charge on any atom is -0.482 e. The quantitative estimate of drug-likeness (QED) is 0.630. The van der Waals surface area contributed by atoms with Crippen molar-refractivity contribution in [2.75, 3.05) is 0 Å². The molecule has 7 heteroatoms. The van der Waals surface area contributed by atoms with E-state index >= 15 is 0 Å². The zero-order valence-corrected chi connectivity index (χ0v) is 10.1. The van der Waals surface area contributed by atoms with Crippen molar-refractivity contribution in [2.24, 2.45) is 0 Å². The van der Waals surface area contributed by atoms with Gasteiger partial charge < -0.3 is 4.74 Å². The molecule has 0 aliphatic carbocycles. The van der Waals surface area contributed by atoms with Gasteiger partial charge >= 0.3 is 5.69 Å². The number of nitrogens with zero attached hydrogens (tertiary/aromatic N) is 3. The first-order chi connectivity index (χ1) is 9.60. The van der Waals surface area contributed by atoms with E-state index < -0.39 is 16.4 Å². The molecule has 0 amide bonds. The van der Waals surface area contributed by atoms with Gasteiger partial charge in [0.05, 0.1) is 11.0 Å². The maximum absolute atomic E-state index is 13.0. The third kappa shape index (κ3) is 3.05. The molecule has 0 saturated carbocycles. The van der Waals surface area contributed by atoms with E-state index in [1.165, 1.54) is 18.3 Å². The number of nitro benzene ring substituents is 1. The lowest BCUT2D eigenvalue weighted by Crippen LogP contribution is -2.00. The molecule has 2 aromatic rings. The van der Waals surface area contributed by atoms with Crippen molar-refractivity contribution in [3.8, 4) is 11.8 Å². The first kappa shape index (κ1) is 13.4. The number of hydrogen-bond donors (Lipinski definition) is 0. The number of nitro groups is 1. The van der Waals surface area contributed by atoms with E-state index in [-0.39, 0.29) is 18.1 Å². The van der Waals surface area contributed by atoms with Gasteiger partial charge in [-0.05, 0) is 29.8 Å². The van der Waals surface area contributed by atoms with Gasteiger partial charge in [-0.15, -0.1) is 0 Å². The molecule has 0 unspecified atom stereocenters. The zero-order chi connectivity index (χ0) is 14.5. The molecule has 100 valence electrons. The second-order valence-electron chi connectivity index (χ2n) is 3.82. The number of aromatic nitrogens is 1. The van der Waals surface area contributed by atoms with Crippen molar-refractivity contribution in [3.63, 3.8) is 0 Å². The first-order valence-electron chi connectivity index (χ1n) is 5.52. The van der Waals surface area contributed by atoms with E-state index in [4.69, 9.17) is 10.00 Å². The van der Waals surface area contributed by atoms with E-state index in [1.807, 2.05) is 6.07 Å². The van der Waals surface area contributed by atoms with Gasteiger partial charge in [0, 0.05) is 6.20 Å². The van der Waals surface area contributed by atoms with Crippen molar-refractivity contribution >= 4 is 5.69 Å². The van der Waals surface area contributed by atoms with Crippen LogP contribution in [0.2, 0.25) is 0 Å². The Labute approximate surface area is 113 Å². The van der Waals surface area contributed by atoms with Crippen molar-refractivity contribution in [3.05, 3.63) is 63.7 Å². The highest BCUT2D eigenvalue weighted by Crippen LogP contribution is 2.28. The van der Waals surface area contributed by atoms with E-state index in [1.54, 1.807) is 6.07 Å². The fourth-order valence-electron chi connectivity index (χ4n) is 1.54. The Balaban J connectivity index is 2.19. The highest BCUT2D eigenvalue weighted by molar-refractivity contribution is 5.46. The van der Waals surface area contributed by atoms with Crippen molar-refractivity contribution in [1.29, 1.82) is 5.26 Å². The Morgan fingerprint density at radius 1 is 1.40 bits per heavy atom. The smallest absolute Gasteiger partial charge is 0.313 e. The zero-order valence-electron chi connectivity index (χ0n) is 10.1. The van der Waals surface area contributed by atoms with Crippen LogP contribution in [0.15, 0.2) is 36.5 Å².